The number of nitrogens with zero attached hydrogens (tertiary/aromatic N) is 1. The molecule has 0 unspecified atom stereocenters. The minimum absolute atomic E-state index is 0.0524. The lowest BCUT2D eigenvalue weighted by atomic mass is 9.88. The van der Waals surface area contributed by atoms with Gasteiger partial charge in [-0.15, -0.1) is 0 Å². The van der Waals surface area contributed by atoms with E-state index in [0.717, 1.165) is 5.56 Å². The summed E-state index contributed by atoms with van der Waals surface area (Å²) in [5, 5.41) is 20.3. The van der Waals surface area contributed by atoms with Crippen molar-refractivity contribution in [2.45, 2.75) is 44.8 Å². The number of pyridine rings is 1. The van der Waals surface area contributed by atoms with Gasteiger partial charge in [0.2, 0.25) is 0 Å². The van der Waals surface area contributed by atoms with E-state index in [2.05, 4.69) is 4.98 Å². The lowest BCUT2D eigenvalue weighted by Gasteiger charge is -2.27. The molecule has 0 radical (unpaired) electrons. The Hall–Kier alpha value is -3.33. The average molecular weight is 497 g/mol. The minimum Gasteiger partial charge on any atom is -0.493 e. The molecule has 1 aromatic heterocycles. The Balaban J connectivity index is 1.85. The summed E-state index contributed by atoms with van der Waals surface area (Å²) in [6.45, 7) is 5.27. The summed E-state index contributed by atoms with van der Waals surface area (Å²) in [5.74, 6) is 0.263. The molecule has 0 bridgehead atoms. The summed E-state index contributed by atoms with van der Waals surface area (Å²) in [7, 11) is 1.47. The maximum absolute atomic E-state index is 13.4. The molecular formula is C28H33FN2O5. The van der Waals surface area contributed by atoms with Crippen LogP contribution in [0.1, 0.15) is 55.2 Å². The van der Waals surface area contributed by atoms with E-state index >= 15 is 0 Å². The van der Waals surface area contributed by atoms with Crippen LogP contribution in [0.5, 0.6) is 11.5 Å². The zero-order valence-electron chi connectivity index (χ0n) is 21.0. The van der Waals surface area contributed by atoms with Crippen LogP contribution in [-0.4, -0.2) is 41.3 Å². The highest BCUT2D eigenvalue weighted by Gasteiger charge is 2.29. The van der Waals surface area contributed by atoms with Crippen LogP contribution >= 0.6 is 0 Å². The highest BCUT2D eigenvalue weighted by Crippen LogP contribution is 2.33. The minimum atomic E-state index is -1.43. The molecule has 1 heterocycles. The summed E-state index contributed by atoms with van der Waals surface area (Å²) in [5.41, 5.74) is 6.98. The second-order valence-corrected chi connectivity index (χ2v) is 9.49. The van der Waals surface area contributed by atoms with Crippen molar-refractivity contribution >= 4 is 5.78 Å². The van der Waals surface area contributed by atoms with Gasteiger partial charge in [-0.3, -0.25) is 4.79 Å². The number of carbonyl (C=O) groups is 1. The molecule has 0 saturated carbocycles. The van der Waals surface area contributed by atoms with E-state index in [1.54, 1.807) is 43.3 Å². The zero-order chi connectivity index (χ0) is 26.5. The van der Waals surface area contributed by atoms with E-state index < -0.39 is 11.1 Å². The van der Waals surface area contributed by atoms with Crippen LogP contribution in [0, 0.1) is 5.82 Å². The van der Waals surface area contributed by atoms with Crippen LogP contribution in [0.4, 0.5) is 4.39 Å². The number of rotatable bonds is 11. The number of halogens is 1. The van der Waals surface area contributed by atoms with Crippen LogP contribution < -0.4 is 15.2 Å². The fourth-order valence-electron chi connectivity index (χ4n) is 3.69. The number of methoxy groups -OCH3 is 1. The largest absolute Gasteiger partial charge is 0.493 e. The molecule has 0 saturated heterocycles. The number of ketones is 1. The van der Waals surface area contributed by atoms with Gasteiger partial charge in [-0.2, -0.15) is 0 Å². The first kappa shape index (κ1) is 27.3. The second kappa shape index (κ2) is 11.2. The number of aromatic nitrogens is 1. The summed E-state index contributed by atoms with van der Waals surface area (Å²) in [6, 6.07) is 14.3. The highest BCUT2D eigenvalue weighted by molar-refractivity contribution is 5.96. The van der Waals surface area contributed by atoms with Crippen molar-refractivity contribution in [1.82, 2.24) is 4.98 Å². The van der Waals surface area contributed by atoms with Gasteiger partial charge < -0.3 is 25.4 Å². The molecule has 1 atom stereocenters. The fourth-order valence-corrected chi connectivity index (χ4v) is 3.69. The van der Waals surface area contributed by atoms with E-state index in [4.69, 9.17) is 20.3 Å². The quantitative estimate of drug-likeness (QED) is 0.339. The van der Waals surface area contributed by atoms with Crippen molar-refractivity contribution in [3.05, 3.63) is 77.2 Å². The van der Waals surface area contributed by atoms with E-state index in [9.17, 15) is 14.3 Å². The molecule has 0 aliphatic heterocycles. The van der Waals surface area contributed by atoms with Crippen molar-refractivity contribution in [2.24, 2.45) is 5.73 Å². The molecule has 2 aromatic carbocycles. The lowest BCUT2D eigenvalue weighted by Crippen LogP contribution is -2.31. The first-order chi connectivity index (χ1) is 16.9. The summed E-state index contributed by atoms with van der Waals surface area (Å²) in [6.07, 6.45) is 0.165. The van der Waals surface area contributed by atoms with Crippen LogP contribution in [0.2, 0.25) is 0 Å². The Labute approximate surface area is 210 Å². The molecule has 4 N–H and O–H groups in total. The number of nitrogens with two attached hydrogens (primary N) is 1. The molecule has 7 nitrogen and oxygen atoms in total. The van der Waals surface area contributed by atoms with Gasteiger partial charge in [0.05, 0.1) is 25.1 Å². The topological polar surface area (TPSA) is 115 Å². The van der Waals surface area contributed by atoms with Gasteiger partial charge in [-0.25, -0.2) is 9.37 Å². The van der Waals surface area contributed by atoms with Crippen LogP contribution in [-0.2, 0) is 11.1 Å². The lowest BCUT2D eigenvalue weighted by molar-refractivity contribution is 0.0396. The van der Waals surface area contributed by atoms with Gasteiger partial charge in [-0.1, -0.05) is 0 Å². The number of aliphatic hydroxyl groups excluding tert-OH is 1. The van der Waals surface area contributed by atoms with Gasteiger partial charge in [0, 0.05) is 23.1 Å². The van der Waals surface area contributed by atoms with Crippen LogP contribution in [0.25, 0.3) is 11.3 Å². The Bertz CT molecular complexity index is 1200. The number of benzene rings is 2. The van der Waals surface area contributed by atoms with Crippen LogP contribution in [0.3, 0.4) is 0 Å². The smallest absolute Gasteiger partial charge is 0.163 e. The predicted octanol–water partition coefficient (Wildman–Crippen LogP) is 4.33. The van der Waals surface area contributed by atoms with Crippen molar-refractivity contribution in [3.8, 4) is 22.8 Å². The average Bonchev–Trinajstić information content (AvgIpc) is 2.85. The molecule has 0 fully saturated rings. The standard InChI is InChI=1S/C28H33FN2O5/c1-27(2,30)20-16-22(18-5-8-21(29)9-6-18)31-26(17-20)28(3,34)12-11-23(33)19-7-10-24(36-14-13-32)25(15-19)35-4/h5-10,15-17,32,34H,11-14,30H2,1-4H3/t28-/m0/s1. The summed E-state index contributed by atoms with van der Waals surface area (Å²) < 4.78 is 24.2. The number of carbonyl (C=O) groups excluding carboxylic acids is 1. The monoisotopic (exact) mass is 496 g/mol. The molecule has 0 aliphatic carbocycles. The number of ether oxygens (including phenoxy) is 2. The maximum Gasteiger partial charge on any atom is 0.163 e. The number of hydrogen-bond donors (Lipinski definition) is 3. The molecule has 0 aliphatic rings. The highest BCUT2D eigenvalue weighted by atomic mass is 19.1. The van der Waals surface area contributed by atoms with E-state index in [1.807, 2.05) is 19.9 Å². The number of aliphatic hydroxyl groups is 2. The number of hydrogen-bond acceptors (Lipinski definition) is 7. The molecule has 36 heavy (non-hydrogen) atoms. The third-order valence-corrected chi connectivity index (χ3v) is 5.93. The molecule has 3 rings (SSSR count). The first-order valence-electron chi connectivity index (χ1n) is 11.7. The van der Waals surface area contributed by atoms with Gasteiger partial charge in [0.25, 0.3) is 0 Å². The summed E-state index contributed by atoms with van der Waals surface area (Å²) >= 11 is 0. The molecule has 0 spiro atoms. The normalized spacial score (nSPS) is 13.2. The molecule has 8 heteroatoms. The Morgan fingerprint density at radius 2 is 1.75 bits per heavy atom. The second-order valence-electron chi connectivity index (χ2n) is 9.49. The third-order valence-electron chi connectivity index (χ3n) is 5.93. The van der Waals surface area contributed by atoms with E-state index in [1.165, 1.54) is 19.2 Å². The van der Waals surface area contributed by atoms with Crippen molar-refractivity contribution in [3.63, 3.8) is 0 Å². The van der Waals surface area contributed by atoms with Crippen molar-refractivity contribution in [2.75, 3.05) is 20.3 Å². The molecule has 3 aromatic rings. The van der Waals surface area contributed by atoms with E-state index in [0.29, 0.717) is 34.0 Å². The SMILES string of the molecule is COc1cc(C(=O)CC[C@](C)(O)c2cc(C(C)(C)N)cc(-c3ccc(F)cc3)n2)ccc1OCCO. The molecule has 0 amide bonds. The Kier molecular flexibility index (Phi) is 8.45. The van der Waals surface area contributed by atoms with E-state index in [-0.39, 0.29) is 37.7 Å². The first-order valence-corrected chi connectivity index (χ1v) is 11.7. The molecular weight excluding hydrogens is 463 g/mol. The number of Topliss-reactive ketones (excluding diaryl/α,β-unsaturated/α-hetero) is 1. The van der Waals surface area contributed by atoms with Crippen molar-refractivity contribution in [1.29, 1.82) is 0 Å². The van der Waals surface area contributed by atoms with Gasteiger partial charge in [-0.05, 0) is 87.4 Å². The molecule has 192 valence electrons. The Morgan fingerprint density at radius 3 is 2.36 bits per heavy atom. The van der Waals surface area contributed by atoms with Gasteiger partial charge >= 0.3 is 0 Å². The third kappa shape index (κ3) is 6.66. The fraction of sp³-hybridized carbons (Fsp3) is 0.357. The summed E-state index contributed by atoms with van der Waals surface area (Å²) in [4.78, 5) is 17.6. The maximum atomic E-state index is 13.4. The van der Waals surface area contributed by atoms with Crippen LogP contribution in [0.15, 0.2) is 54.6 Å². The zero-order valence-corrected chi connectivity index (χ0v) is 21.0. The van der Waals surface area contributed by atoms with Gasteiger partial charge in [0.1, 0.15) is 18.0 Å². The van der Waals surface area contributed by atoms with Crippen molar-refractivity contribution < 1.29 is 28.9 Å². The van der Waals surface area contributed by atoms with Gasteiger partial charge in [0.15, 0.2) is 17.3 Å². The predicted molar refractivity (Wildman–Crippen MR) is 136 cm³/mol. The Morgan fingerprint density at radius 1 is 1.06 bits per heavy atom.